The number of aliphatic hydroxyl groups excluding tert-OH is 1. The third kappa shape index (κ3) is 7.12. The molecule has 136 valence electrons. The number of nitrogens with one attached hydrogen (secondary N) is 1. The van der Waals surface area contributed by atoms with Crippen LogP contribution in [0, 0.1) is 11.6 Å². The molecule has 0 fully saturated rings. The van der Waals surface area contributed by atoms with Gasteiger partial charge in [0.25, 0.3) is 0 Å². The molecule has 7 heteroatoms. The number of halogens is 2. The molecule has 1 amide bonds. The number of aliphatic hydroxyl groups is 1. The lowest BCUT2D eigenvalue weighted by Crippen LogP contribution is -2.33. The lowest BCUT2D eigenvalue weighted by atomic mass is 10.1. The number of hydrogen-bond acceptors (Lipinski definition) is 4. The van der Waals surface area contributed by atoms with Crippen molar-refractivity contribution in [3.63, 3.8) is 0 Å². The molecule has 24 heavy (non-hydrogen) atoms. The van der Waals surface area contributed by atoms with Gasteiger partial charge in [0.2, 0.25) is 0 Å². The summed E-state index contributed by atoms with van der Waals surface area (Å²) >= 11 is 0. The average Bonchev–Trinajstić information content (AvgIpc) is 2.46. The number of alkyl carbamates (subject to hydrolysis) is 1. The molecule has 0 aromatic heterocycles. The Kier molecular flexibility index (Phi) is 7.41. The Hall–Kier alpha value is -1.89. The number of ether oxygens (including phenoxy) is 2. The summed E-state index contributed by atoms with van der Waals surface area (Å²) in [5, 5.41) is 11.6. The van der Waals surface area contributed by atoms with Crippen LogP contribution in [0.3, 0.4) is 0 Å². The standard InChI is InChI=1S/C17H25F2NO4/c1-11(10-21)23-15-9-14(19)13(18)8-12(15)6-5-7-20-16(22)24-17(2,3)4/h8-9,11,21H,5-7,10H2,1-4H3,(H,20,22)/t11-/m1/s1. The van der Waals surface area contributed by atoms with Crippen molar-refractivity contribution in [3.05, 3.63) is 29.3 Å². The number of aryl methyl sites for hydroxylation is 1. The third-order valence-electron chi connectivity index (χ3n) is 2.98. The number of amides is 1. The molecule has 0 saturated heterocycles. The first-order valence-electron chi connectivity index (χ1n) is 7.84. The van der Waals surface area contributed by atoms with Crippen LogP contribution in [0.25, 0.3) is 0 Å². The molecule has 1 rings (SSSR count). The smallest absolute Gasteiger partial charge is 0.407 e. The first-order chi connectivity index (χ1) is 11.1. The monoisotopic (exact) mass is 345 g/mol. The van der Waals surface area contributed by atoms with E-state index in [9.17, 15) is 13.6 Å². The maximum atomic E-state index is 13.4. The molecule has 0 aliphatic carbocycles. The number of hydrogen-bond donors (Lipinski definition) is 2. The van der Waals surface area contributed by atoms with Crippen LogP contribution >= 0.6 is 0 Å². The second-order valence-corrected chi connectivity index (χ2v) is 6.52. The van der Waals surface area contributed by atoms with E-state index in [1.807, 2.05) is 0 Å². The van der Waals surface area contributed by atoms with Gasteiger partial charge in [-0.1, -0.05) is 0 Å². The van der Waals surface area contributed by atoms with Gasteiger partial charge in [-0.3, -0.25) is 0 Å². The van der Waals surface area contributed by atoms with Crippen molar-refractivity contribution in [2.24, 2.45) is 0 Å². The number of carbonyl (C=O) groups is 1. The van der Waals surface area contributed by atoms with Gasteiger partial charge < -0.3 is 19.9 Å². The highest BCUT2D eigenvalue weighted by atomic mass is 19.2. The van der Waals surface area contributed by atoms with Crippen LogP contribution in [0.4, 0.5) is 13.6 Å². The minimum atomic E-state index is -1.01. The van der Waals surface area contributed by atoms with Gasteiger partial charge in [-0.2, -0.15) is 0 Å². The number of benzene rings is 1. The van der Waals surface area contributed by atoms with Crippen LogP contribution in [0.2, 0.25) is 0 Å². The first-order valence-corrected chi connectivity index (χ1v) is 7.84. The molecule has 0 aliphatic heterocycles. The molecule has 2 N–H and O–H groups in total. The van der Waals surface area contributed by atoms with Crippen molar-refractivity contribution in [3.8, 4) is 5.75 Å². The lowest BCUT2D eigenvalue weighted by molar-refractivity contribution is 0.0527. The topological polar surface area (TPSA) is 67.8 Å². The molecule has 0 radical (unpaired) electrons. The minimum Gasteiger partial charge on any atom is -0.488 e. The normalized spacial score (nSPS) is 12.6. The molecule has 1 atom stereocenters. The Bertz CT molecular complexity index is 558. The molecular formula is C17H25F2NO4. The lowest BCUT2D eigenvalue weighted by Gasteiger charge is -2.20. The van der Waals surface area contributed by atoms with Gasteiger partial charge in [0.05, 0.1) is 6.61 Å². The second kappa shape index (κ2) is 8.82. The van der Waals surface area contributed by atoms with Crippen LogP contribution in [-0.2, 0) is 11.2 Å². The molecule has 0 bridgehead atoms. The molecule has 0 unspecified atom stereocenters. The van der Waals surface area contributed by atoms with E-state index >= 15 is 0 Å². The fourth-order valence-electron chi connectivity index (χ4n) is 1.91. The van der Waals surface area contributed by atoms with Crippen molar-refractivity contribution < 1.29 is 28.2 Å². The van der Waals surface area contributed by atoms with E-state index < -0.39 is 29.4 Å². The minimum absolute atomic E-state index is 0.188. The molecule has 0 spiro atoms. The predicted octanol–water partition coefficient (Wildman–Crippen LogP) is 3.18. The largest absolute Gasteiger partial charge is 0.488 e. The van der Waals surface area contributed by atoms with Crippen LogP contribution in [-0.4, -0.2) is 36.1 Å². The summed E-state index contributed by atoms with van der Waals surface area (Å²) in [5.41, 5.74) is -0.105. The van der Waals surface area contributed by atoms with E-state index in [1.165, 1.54) is 0 Å². The van der Waals surface area contributed by atoms with Gasteiger partial charge >= 0.3 is 6.09 Å². The zero-order valence-electron chi connectivity index (χ0n) is 14.5. The quantitative estimate of drug-likeness (QED) is 0.745. The van der Waals surface area contributed by atoms with Crippen molar-refractivity contribution in [2.75, 3.05) is 13.2 Å². The second-order valence-electron chi connectivity index (χ2n) is 6.52. The Balaban J connectivity index is 2.60. The Morgan fingerprint density at radius 1 is 1.29 bits per heavy atom. The van der Waals surface area contributed by atoms with E-state index in [0.29, 0.717) is 24.9 Å². The molecule has 1 aromatic carbocycles. The predicted molar refractivity (Wildman–Crippen MR) is 86.1 cm³/mol. The highest BCUT2D eigenvalue weighted by molar-refractivity contribution is 5.67. The van der Waals surface area contributed by atoms with E-state index in [4.69, 9.17) is 14.6 Å². The number of rotatable bonds is 7. The molecule has 0 heterocycles. The molecule has 0 saturated carbocycles. The maximum absolute atomic E-state index is 13.4. The van der Waals surface area contributed by atoms with Gasteiger partial charge in [0.15, 0.2) is 11.6 Å². The van der Waals surface area contributed by atoms with Gasteiger partial charge in [0, 0.05) is 12.6 Å². The van der Waals surface area contributed by atoms with Gasteiger partial charge in [0.1, 0.15) is 17.5 Å². The molecule has 5 nitrogen and oxygen atoms in total. The molecule has 1 aromatic rings. The first kappa shape index (κ1) is 20.2. The summed E-state index contributed by atoms with van der Waals surface area (Å²) in [4.78, 5) is 11.5. The zero-order chi connectivity index (χ0) is 18.3. The summed E-state index contributed by atoms with van der Waals surface area (Å²) in [7, 11) is 0. The average molecular weight is 345 g/mol. The van der Waals surface area contributed by atoms with Gasteiger partial charge in [-0.05, 0) is 52.2 Å². The fraction of sp³-hybridized carbons (Fsp3) is 0.588. The highest BCUT2D eigenvalue weighted by Gasteiger charge is 2.16. The Morgan fingerprint density at radius 2 is 1.92 bits per heavy atom. The van der Waals surface area contributed by atoms with E-state index in [2.05, 4.69) is 5.32 Å². The van der Waals surface area contributed by atoms with Gasteiger partial charge in [-0.15, -0.1) is 0 Å². The van der Waals surface area contributed by atoms with E-state index in [-0.39, 0.29) is 12.4 Å². The highest BCUT2D eigenvalue weighted by Crippen LogP contribution is 2.24. The summed E-state index contributed by atoms with van der Waals surface area (Å²) in [5.74, 6) is -1.78. The Labute approximate surface area is 141 Å². The van der Waals surface area contributed by atoms with Gasteiger partial charge in [-0.25, -0.2) is 13.6 Å². The molecule has 0 aliphatic rings. The molecular weight excluding hydrogens is 320 g/mol. The SMILES string of the molecule is C[C@H](CO)Oc1cc(F)c(F)cc1CCCNC(=O)OC(C)(C)C. The summed E-state index contributed by atoms with van der Waals surface area (Å²) in [6.07, 6.45) is -0.194. The number of carbonyl (C=O) groups excluding carboxylic acids is 1. The van der Waals surface area contributed by atoms with Crippen LogP contribution in [0.15, 0.2) is 12.1 Å². The van der Waals surface area contributed by atoms with Crippen molar-refractivity contribution in [1.29, 1.82) is 0 Å². The zero-order valence-corrected chi connectivity index (χ0v) is 14.5. The van der Waals surface area contributed by atoms with Crippen molar-refractivity contribution in [2.45, 2.75) is 52.2 Å². The van der Waals surface area contributed by atoms with Crippen molar-refractivity contribution >= 4 is 6.09 Å². The summed E-state index contributed by atoms with van der Waals surface area (Å²) in [6, 6.07) is 2.04. The third-order valence-corrected chi connectivity index (χ3v) is 2.98. The van der Waals surface area contributed by atoms with Crippen LogP contribution in [0.1, 0.15) is 39.7 Å². The van der Waals surface area contributed by atoms with Crippen molar-refractivity contribution in [1.82, 2.24) is 5.32 Å². The Morgan fingerprint density at radius 3 is 2.50 bits per heavy atom. The summed E-state index contributed by atoms with van der Waals surface area (Å²) in [6.45, 7) is 7.00. The summed E-state index contributed by atoms with van der Waals surface area (Å²) < 4.78 is 37.3. The van der Waals surface area contributed by atoms with E-state index in [0.717, 1.165) is 12.1 Å². The fourth-order valence-corrected chi connectivity index (χ4v) is 1.91. The van der Waals surface area contributed by atoms with Crippen LogP contribution < -0.4 is 10.1 Å². The van der Waals surface area contributed by atoms with Crippen LogP contribution in [0.5, 0.6) is 5.75 Å². The maximum Gasteiger partial charge on any atom is 0.407 e. The van der Waals surface area contributed by atoms with E-state index in [1.54, 1.807) is 27.7 Å².